The first-order valence-electron chi connectivity index (χ1n) is 7.10. The molecule has 23 heavy (non-hydrogen) atoms. The van der Waals surface area contributed by atoms with Gasteiger partial charge < -0.3 is 4.74 Å². The van der Waals surface area contributed by atoms with Crippen LogP contribution in [-0.2, 0) is 14.3 Å². The topological polar surface area (TPSA) is 76.0 Å². The van der Waals surface area contributed by atoms with Gasteiger partial charge in [-0.05, 0) is 63.0 Å². The van der Waals surface area contributed by atoms with E-state index in [4.69, 9.17) is 4.74 Å². The lowest BCUT2D eigenvalue weighted by atomic mass is 9.95. The minimum atomic E-state index is -1.43. The van der Waals surface area contributed by atoms with Crippen LogP contribution in [0.1, 0.15) is 41.5 Å². The van der Waals surface area contributed by atoms with Crippen molar-refractivity contribution in [3.05, 3.63) is 9.39 Å². The second kappa shape index (κ2) is 5.73. The van der Waals surface area contributed by atoms with Crippen molar-refractivity contribution >= 4 is 50.6 Å². The molecule has 0 aromatic heterocycles. The maximum atomic E-state index is 12.8. The van der Waals surface area contributed by atoms with Gasteiger partial charge in [0.2, 0.25) is 5.91 Å². The molecule has 126 valence electrons. The first kappa shape index (κ1) is 18.2. The van der Waals surface area contributed by atoms with Gasteiger partial charge >= 0.3 is 12.0 Å². The number of hydrogen-bond acceptors (Lipinski definition) is 5. The summed E-state index contributed by atoms with van der Waals surface area (Å²) < 4.78 is 6.13. The largest absolute Gasteiger partial charge is 0.458 e. The van der Waals surface area contributed by atoms with Crippen molar-refractivity contribution in [1.82, 2.24) is 4.90 Å². The predicted octanol–water partition coefficient (Wildman–Crippen LogP) is 3.46. The van der Waals surface area contributed by atoms with Crippen LogP contribution in [0, 0.1) is 5.92 Å². The second-order valence-corrected chi connectivity index (χ2v) is 9.31. The van der Waals surface area contributed by atoms with E-state index in [1.807, 2.05) is 0 Å². The Morgan fingerprint density at radius 1 is 1.26 bits per heavy atom. The Morgan fingerprint density at radius 3 is 2.35 bits per heavy atom. The van der Waals surface area contributed by atoms with Gasteiger partial charge in [-0.15, -0.1) is 0 Å². The Labute approximate surface area is 147 Å². The SMILES string of the molecule is CC1=C(Br)SC2=NC(=O)N(C(C)(C)C(=O)OC(C)(C)C)C(=O)C21. The number of carbonyl (C=O) groups is 3. The number of halogens is 1. The number of amides is 3. The molecule has 0 bridgehead atoms. The summed E-state index contributed by atoms with van der Waals surface area (Å²) in [5.41, 5.74) is -1.36. The maximum absolute atomic E-state index is 12.8. The van der Waals surface area contributed by atoms with Crippen molar-refractivity contribution in [3.63, 3.8) is 0 Å². The number of nitrogens with zero attached hydrogens (tertiary/aromatic N) is 2. The van der Waals surface area contributed by atoms with Crippen molar-refractivity contribution in [2.24, 2.45) is 10.9 Å². The zero-order valence-electron chi connectivity index (χ0n) is 13.9. The van der Waals surface area contributed by atoms with Crippen LogP contribution in [0.25, 0.3) is 0 Å². The number of imide groups is 1. The number of ether oxygens (including phenoxy) is 1. The highest BCUT2D eigenvalue weighted by Crippen LogP contribution is 2.45. The second-order valence-electron chi connectivity index (χ2n) is 6.96. The maximum Gasteiger partial charge on any atom is 0.352 e. The number of thioether (sulfide) groups is 1. The van der Waals surface area contributed by atoms with Gasteiger partial charge in [0, 0.05) is 0 Å². The lowest BCUT2D eigenvalue weighted by Gasteiger charge is -2.38. The average Bonchev–Trinajstić information content (AvgIpc) is 2.62. The van der Waals surface area contributed by atoms with Crippen LogP contribution in [0.4, 0.5) is 4.79 Å². The van der Waals surface area contributed by atoms with Crippen molar-refractivity contribution in [2.45, 2.75) is 52.7 Å². The minimum Gasteiger partial charge on any atom is -0.458 e. The molecule has 2 heterocycles. The Bertz CT molecular complexity index is 661. The van der Waals surface area contributed by atoms with Gasteiger partial charge in [-0.1, -0.05) is 11.8 Å². The number of carbonyl (C=O) groups excluding carboxylic acids is 3. The first-order chi connectivity index (χ1) is 10.4. The molecule has 0 saturated heterocycles. The van der Waals surface area contributed by atoms with Gasteiger partial charge in [0.15, 0.2) is 0 Å². The lowest BCUT2D eigenvalue weighted by molar-refractivity contribution is -0.169. The molecule has 0 aromatic rings. The fourth-order valence-electron chi connectivity index (χ4n) is 2.28. The van der Waals surface area contributed by atoms with Crippen molar-refractivity contribution in [1.29, 1.82) is 0 Å². The molecule has 0 radical (unpaired) electrons. The van der Waals surface area contributed by atoms with E-state index in [1.54, 1.807) is 27.7 Å². The van der Waals surface area contributed by atoms with Gasteiger partial charge in [0.1, 0.15) is 22.1 Å². The average molecular weight is 403 g/mol. The molecule has 0 spiro atoms. The summed E-state index contributed by atoms with van der Waals surface area (Å²) in [6, 6.07) is -0.736. The van der Waals surface area contributed by atoms with E-state index in [1.165, 1.54) is 25.6 Å². The molecule has 6 nitrogen and oxygen atoms in total. The Hall–Kier alpha value is -1.15. The molecule has 0 fully saturated rings. The lowest BCUT2D eigenvalue weighted by Crippen LogP contribution is -2.60. The third-order valence-corrected chi connectivity index (χ3v) is 5.65. The van der Waals surface area contributed by atoms with Gasteiger partial charge in [-0.25, -0.2) is 14.5 Å². The molecule has 2 aliphatic heterocycles. The number of urea groups is 1. The van der Waals surface area contributed by atoms with Gasteiger partial charge in [0.05, 0.1) is 3.81 Å². The van der Waals surface area contributed by atoms with Crippen molar-refractivity contribution < 1.29 is 19.1 Å². The normalized spacial score (nSPS) is 22.3. The first-order valence-corrected chi connectivity index (χ1v) is 8.71. The van der Waals surface area contributed by atoms with E-state index >= 15 is 0 Å². The monoisotopic (exact) mass is 402 g/mol. The summed E-state index contributed by atoms with van der Waals surface area (Å²) in [4.78, 5) is 42.5. The summed E-state index contributed by atoms with van der Waals surface area (Å²) in [7, 11) is 0. The summed E-state index contributed by atoms with van der Waals surface area (Å²) in [5.74, 6) is -1.71. The van der Waals surface area contributed by atoms with Crippen LogP contribution in [0.3, 0.4) is 0 Å². The quantitative estimate of drug-likeness (QED) is 0.660. The molecule has 1 atom stereocenters. The standard InChI is InChI=1S/C15H19BrN2O4S/c1-7-8-10(23-9(7)16)17-13(21)18(11(8)19)15(5,6)12(20)22-14(2,3)4/h8H,1-6H3. The summed E-state index contributed by atoms with van der Waals surface area (Å²) in [5, 5.41) is 0.445. The van der Waals surface area contributed by atoms with Gasteiger partial charge in [0.25, 0.3) is 0 Å². The molecular formula is C15H19BrN2O4S. The molecule has 0 N–H and O–H groups in total. The Balaban J connectivity index is 2.38. The third kappa shape index (κ3) is 3.24. The molecule has 2 aliphatic rings. The van der Waals surface area contributed by atoms with E-state index in [-0.39, 0.29) is 0 Å². The molecular weight excluding hydrogens is 384 g/mol. The number of aliphatic imine (C=N–C) groups is 1. The molecule has 0 aromatic carbocycles. The zero-order valence-corrected chi connectivity index (χ0v) is 16.3. The third-order valence-electron chi connectivity index (χ3n) is 3.51. The van der Waals surface area contributed by atoms with E-state index in [9.17, 15) is 14.4 Å². The van der Waals surface area contributed by atoms with Crippen molar-refractivity contribution in [2.75, 3.05) is 0 Å². The van der Waals surface area contributed by atoms with Crippen LogP contribution in [0.15, 0.2) is 14.4 Å². The highest BCUT2D eigenvalue weighted by molar-refractivity contribution is 9.14. The zero-order chi connectivity index (χ0) is 17.7. The Kier molecular flexibility index (Phi) is 4.54. The fourth-order valence-corrected chi connectivity index (χ4v) is 3.99. The number of rotatable bonds is 2. The summed E-state index contributed by atoms with van der Waals surface area (Å²) in [6.07, 6.45) is 0. The predicted molar refractivity (Wildman–Crippen MR) is 92.3 cm³/mol. The van der Waals surface area contributed by atoms with Crippen LogP contribution < -0.4 is 0 Å². The molecule has 0 saturated carbocycles. The molecule has 2 rings (SSSR count). The summed E-state index contributed by atoms with van der Waals surface area (Å²) in [6.45, 7) is 9.98. The van der Waals surface area contributed by atoms with E-state index in [0.29, 0.717) is 5.04 Å². The highest BCUT2D eigenvalue weighted by Gasteiger charge is 2.52. The number of fused-ring (bicyclic) bond motifs is 1. The van der Waals surface area contributed by atoms with E-state index in [2.05, 4.69) is 20.9 Å². The van der Waals surface area contributed by atoms with Gasteiger partial charge in [-0.2, -0.15) is 4.99 Å². The highest BCUT2D eigenvalue weighted by atomic mass is 79.9. The molecule has 1 unspecified atom stereocenters. The van der Waals surface area contributed by atoms with E-state index < -0.39 is 35.0 Å². The van der Waals surface area contributed by atoms with Crippen LogP contribution >= 0.6 is 27.7 Å². The van der Waals surface area contributed by atoms with Crippen molar-refractivity contribution in [3.8, 4) is 0 Å². The van der Waals surface area contributed by atoms with Gasteiger partial charge in [-0.3, -0.25) is 4.79 Å². The number of hydrogen-bond donors (Lipinski definition) is 0. The number of esters is 1. The smallest absolute Gasteiger partial charge is 0.352 e. The Morgan fingerprint density at radius 2 is 1.83 bits per heavy atom. The molecule has 0 aliphatic carbocycles. The van der Waals surface area contributed by atoms with Crippen LogP contribution in [0.2, 0.25) is 0 Å². The minimum absolute atomic E-state index is 0.445. The fraction of sp³-hybridized carbons (Fsp3) is 0.600. The summed E-state index contributed by atoms with van der Waals surface area (Å²) >= 11 is 4.63. The molecule has 3 amide bonds. The molecule has 8 heteroatoms. The van der Waals surface area contributed by atoms with Crippen LogP contribution in [0.5, 0.6) is 0 Å². The van der Waals surface area contributed by atoms with E-state index in [0.717, 1.165) is 14.3 Å². The van der Waals surface area contributed by atoms with Crippen LogP contribution in [-0.4, -0.2) is 39.0 Å².